The molecule has 0 unspecified atom stereocenters. The van der Waals surface area contributed by atoms with Gasteiger partial charge >= 0.3 is 5.97 Å². The lowest BCUT2D eigenvalue weighted by Gasteiger charge is -2.26. The maximum absolute atomic E-state index is 12.9. The van der Waals surface area contributed by atoms with Crippen molar-refractivity contribution in [1.29, 1.82) is 0 Å². The van der Waals surface area contributed by atoms with E-state index < -0.39 is 16.0 Å². The summed E-state index contributed by atoms with van der Waals surface area (Å²) in [4.78, 5) is 23.2. The highest BCUT2D eigenvalue weighted by Gasteiger charge is 2.27. The summed E-state index contributed by atoms with van der Waals surface area (Å²) in [6.07, 6.45) is 0. The molecule has 2 aromatic carbocycles. The Balaban J connectivity index is 1.38. The number of sulfonamides is 1. The van der Waals surface area contributed by atoms with Crippen LogP contribution in [0.5, 0.6) is 0 Å². The lowest BCUT2D eigenvalue weighted by molar-refractivity contribution is -0.113. The number of morpholine rings is 1. The van der Waals surface area contributed by atoms with Crippen LogP contribution in [0.25, 0.3) is 11.5 Å². The summed E-state index contributed by atoms with van der Waals surface area (Å²) < 4.78 is 38.0. The number of anilines is 1. The standard InChI is InChI=1S/C21H20N4O7S2/c26-18(22-16-6-4-14(5-7-16)20(27)28)13-33-21-24-23-19(32-21)15-2-1-3-17(12-15)34(29,30)25-8-10-31-11-9-25/h1-7,12H,8-11,13H2,(H,22,26)(H,27,28). The predicted octanol–water partition coefficient (Wildman–Crippen LogP) is 2.19. The highest BCUT2D eigenvalue weighted by Crippen LogP contribution is 2.26. The summed E-state index contributed by atoms with van der Waals surface area (Å²) in [6.45, 7) is 1.29. The zero-order valence-corrected chi connectivity index (χ0v) is 19.3. The second kappa shape index (κ2) is 10.3. The van der Waals surface area contributed by atoms with Crippen LogP contribution < -0.4 is 5.32 Å². The number of carbonyl (C=O) groups is 2. The number of benzene rings is 2. The number of hydrogen-bond acceptors (Lipinski definition) is 9. The quantitative estimate of drug-likeness (QED) is 0.437. The van der Waals surface area contributed by atoms with E-state index in [1.54, 1.807) is 12.1 Å². The minimum Gasteiger partial charge on any atom is -0.478 e. The SMILES string of the molecule is O=C(CSc1nnc(-c2cccc(S(=O)(=O)N3CCOCC3)c2)o1)Nc1ccc(C(=O)O)cc1. The van der Waals surface area contributed by atoms with Crippen molar-refractivity contribution >= 4 is 39.3 Å². The molecule has 34 heavy (non-hydrogen) atoms. The molecular weight excluding hydrogens is 484 g/mol. The Hall–Kier alpha value is -3.26. The molecule has 1 aliphatic heterocycles. The average Bonchev–Trinajstić information content (AvgIpc) is 3.33. The van der Waals surface area contributed by atoms with Crippen LogP contribution in [0.1, 0.15) is 10.4 Å². The van der Waals surface area contributed by atoms with E-state index in [-0.39, 0.29) is 33.2 Å². The van der Waals surface area contributed by atoms with E-state index in [0.717, 1.165) is 11.8 Å². The fourth-order valence-corrected chi connectivity index (χ4v) is 5.15. The Kier molecular flexibility index (Phi) is 7.26. The molecule has 178 valence electrons. The van der Waals surface area contributed by atoms with E-state index >= 15 is 0 Å². The number of aromatic nitrogens is 2. The first-order valence-electron chi connectivity index (χ1n) is 10.1. The van der Waals surface area contributed by atoms with Crippen molar-refractivity contribution in [2.45, 2.75) is 10.1 Å². The second-order valence-corrected chi connectivity index (χ2v) is 10.0. The van der Waals surface area contributed by atoms with Crippen molar-refractivity contribution in [3.8, 4) is 11.5 Å². The normalized spacial score (nSPS) is 14.6. The van der Waals surface area contributed by atoms with Crippen molar-refractivity contribution in [2.75, 3.05) is 37.4 Å². The predicted molar refractivity (Wildman–Crippen MR) is 122 cm³/mol. The van der Waals surface area contributed by atoms with Gasteiger partial charge in [-0.2, -0.15) is 4.31 Å². The monoisotopic (exact) mass is 504 g/mol. The maximum Gasteiger partial charge on any atom is 0.335 e. The average molecular weight is 505 g/mol. The van der Waals surface area contributed by atoms with Gasteiger partial charge in [0.05, 0.1) is 29.4 Å². The van der Waals surface area contributed by atoms with Gasteiger partial charge in [0.1, 0.15) is 0 Å². The van der Waals surface area contributed by atoms with E-state index in [9.17, 15) is 18.0 Å². The van der Waals surface area contributed by atoms with E-state index in [1.807, 2.05) is 0 Å². The Labute approximate surface area is 199 Å². The third-order valence-electron chi connectivity index (χ3n) is 4.84. The molecule has 1 aromatic heterocycles. The smallest absolute Gasteiger partial charge is 0.335 e. The van der Waals surface area contributed by atoms with E-state index in [0.29, 0.717) is 37.6 Å². The van der Waals surface area contributed by atoms with Gasteiger partial charge in [-0.1, -0.05) is 17.8 Å². The van der Waals surface area contributed by atoms with Gasteiger partial charge in [0, 0.05) is 24.3 Å². The summed E-state index contributed by atoms with van der Waals surface area (Å²) in [6, 6.07) is 12.0. The molecular formula is C21H20N4O7S2. The number of carboxylic acid groups (broad SMARTS) is 1. The Morgan fingerprint density at radius 1 is 1.09 bits per heavy atom. The molecule has 0 saturated carbocycles. The van der Waals surface area contributed by atoms with Crippen LogP contribution in [0.4, 0.5) is 5.69 Å². The minimum atomic E-state index is -3.67. The number of aromatic carboxylic acids is 1. The molecule has 0 bridgehead atoms. The number of hydrogen-bond donors (Lipinski definition) is 2. The molecule has 4 rings (SSSR count). The first-order chi connectivity index (χ1) is 16.3. The maximum atomic E-state index is 12.9. The number of ether oxygens (including phenoxy) is 1. The first-order valence-corrected chi connectivity index (χ1v) is 12.5. The number of nitrogens with one attached hydrogen (secondary N) is 1. The van der Waals surface area contributed by atoms with E-state index in [1.165, 1.54) is 40.7 Å². The Morgan fingerprint density at radius 2 is 1.82 bits per heavy atom. The first kappa shape index (κ1) is 23.9. The molecule has 2 heterocycles. The van der Waals surface area contributed by atoms with E-state index in [2.05, 4.69) is 15.5 Å². The van der Waals surface area contributed by atoms with Crippen molar-refractivity contribution in [3.05, 3.63) is 54.1 Å². The third-order valence-corrected chi connectivity index (χ3v) is 7.55. The molecule has 2 N–H and O–H groups in total. The molecule has 1 amide bonds. The van der Waals surface area contributed by atoms with Crippen molar-refractivity contribution in [3.63, 3.8) is 0 Å². The van der Waals surface area contributed by atoms with Crippen LogP contribution in [0.15, 0.2) is 63.1 Å². The van der Waals surface area contributed by atoms with Gasteiger partial charge < -0.3 is 19.6 Å². The fraction of sp³-hybridized carbons (Fsp3) is 0.238. The number of carboxylic acids is 1. The summed E-state index contributed by atoms with van der Waals surface area (Å²) in [5.41, 5.74) is 1.02. The molecule has 1 aliphatic rings. The zero-order valence-electron chi connectivity index (χ0n) is 17.7. The molecule has 1 fully saturated rings. The van der Waals surface area contributed by atoms with Gasteiger partial charge in [-0.05, 0) is 42.5 Å². The van der Waals surface area contributed by atoms with Gasteiger partial charge in [0.25, 0.3) is 5.22 Å². The Bertz CT molecular complexity index is 1290. The van der Waals surface area contributed by atoms with Crippen LogP contribution in [0.3, 0.4) is 0 Å². The van der Waals surface area contributed by atoms with Crippen LogP contribution >= 0.6 is 11.8 Å². The summed E-state index contributed by atoms with van der Waals surface area (Å²) in [5.74, 6) is -1.28. The highest BCUT2D eigenvalue weighted by molar-refractivity contribution is 7.99. The summed E-state index contributed by atoms with van der Waals surface area (Å²) in [5, 5.41) is 19.6. The highest BCUT2D eigenvalue weighted by atomic mass is 32.2. The van der Waals surface area contributed by atoms with Crippen LogP contribution in [-0.2, 0) is 19.6 Å². The number of rotatable bonds is 8. The van der Waals surface area contributed by atoms with Crippen molar-refractivity contribution < 1.29 is 32.3 Å². The zero-order chi connectivity index (χ0) is 24.1. The number of carbonyl (C=O) groups excluding carboxylic acids is 1. The molecule has 1 saturated heterocycles. The summed E-state index contributed by atoms with van der Waals surface area (Å²) in [7, 11) is -3.67. The van der Waals surface area contributed by atoms with Crippen LogP contribution in [0, 0.1) is 0 Å². The van der Waals surface area contributed by atoms with Crippen molar-refractivity contribution in [2.24, 2.45) is 0 Å². The topological polar surface area (TPSA) is 152 Å². The minimum absolute atomic E-state index is 0.0201. The van der Waals surface area contributed by atoms with E-state index in [4.69, 9.17) is 14.3 Å². The number of thioether (sulfide) groups is 1. The molecule has 0 radical (unpaired) electrons. The van der Waals surface area contributed by atoms with Gasteiger partial charge in [0.2, 0.25) is 21.8 Å². The third kappa shape index (κ3) is 5.62. The molecule has 11 nitrogen and oxygen atoms in total. The molecule has 0 atom stereocenters. The molecule has 0 spiro atoms. The van der Waals surface area contributed by atoms with Crippen LogP contribution in [0.2, 0.25) is 0 Å². The van der Waals surface area contributed by atoms with Crippen molar-refractivity contribution in [1.82, 2.24) is 14.5 Å². The Morgan fingerprint density at radius 3 is 2.53 bits per heavy atom. The van der Waals surface area contributed by atoms with Gasteiger partial charge in [-0.25, -0.2) is 13.2 Å². The summed E-state index contributed by atoms with van der Waals surface area (Å²) >= 11 is 1.02. The van der Waals surface area contributed by atoms with Crippen LogP contribution in [-0.4, -0.2) is 72.0 Å². The largest absolute Gasteiger partial charge is 0.478 e. The van der Waals surface area contributed by atoms with Gasteiger partial charge in [-0.15, -0.1) is 10.2 Å². The second-order valence-electron chi connectivity index (χ2n) is 7.14. The molecule has 0 aliphatic carbocycles. The molecule has 13 heteroatoms. The fourth-order valence-electron chi connectivity index (χ4n) is 3.13. The lowest BCUT2D eigenvalue weighted by atomic mass is 10.2. The lowest BCUT2D eigenvalue weighted by Crippen LogP contribution is -2.40. The van der Waals surface area contributed by atoms with Gasteiger partial charge in [-0.3, -0.25) is 4.79 Å². The number of nitrogens with zero attached hydrogens (tertiary/aromatic N) is 3. The van der Waals surface area contributed by atoms with Gasteiger partial charge in [0.15, 0.2) is 0 Å². The number of amides is 1. The molecule has 3 aromatic rings.